The summed E-state index contributed by atoms with van der Waals surface area (Å²) in [5.74, 6) is 5.91. The Morgan fingerprint density at radius 1 is 1.50 bits per heavy atom. The molecule has 0 aliphatic rings. The molecule has 0 aromatic carbocycles. The second-order valence-electron chi connectivity index (χ2n) is 1.86. The Bertz CT molecular complexity index is 127. The molecule has 58 valence electrons. The van der Waals surface area contributed by atoms with Crippen molar-refractivity contribution >= 4 is 6.21 Å². The Morgan fingerprint density at radius 2 is 2.20 bits per heavy atom. The highest BCUT2D eigenvalue weighted by Crippen LogP contribution is 1.90. The minimum atomic E-state index is 0.740. The van der Waals surface area contributed by atoms with E-state index in [1.165, 1.54) is 0 Å². The van der Waals surface area contributed by atoms with Gasteiger partial charge in [0.15, 0.2) is 0 Å². The van der Waals surface area contributed by atoms with E-state index in [1.54, 1.807) is 0 Å². The number of hydrogen-bond donors (Lipinski definition) is 2. The Morgan fingerprint density at radius 3 is 2.60 bits per heavy atom. The number of rotatable bonds is 4. The summed E-state index contributed by atoms with van der Waals surface area (Å²) < 4.78 is 0. The van der Waals surface area contributed by atoms with E-state index in [-0.39, 0.29) is 0 Å². The van der Waals surface area contributed by atoms with Gasteiger partial charge in [-0.15, -0.1) is 0 Å². The van der Waals surface area contributed by atoms with Gasteiger partial charge in [0.2, 0.25) is 0 Å². The Balaban J connectivity index is 3.82. The molecule has 3 nitrogen and oxygen atoms in total. The summed E-state index contributed by atoms with van der Waals surface area (Å²) in [5, 5.41) is 0. The van der Waals surface area contributed by atoms with E-state index in [0.717, 1.165) is 18.7 Å². The largest absolute Gasteiger partial charge is 0.309 e. The van der Waals surface area contributed by atoms with Gasteiger partial charge in [-0.3, -0.25) is 0 Å². The third kappa shape index (κ3) is 4.09. The molecule has 0 unspecified atom stereocenters. The zero-order chi connectivity index (χ0) is 7.82. The molecule has 0 atom stereocenters. The molecule has 0 rings (SSSR count). The summed E-state index contributed by atoms with van der Waals surface area (Å²) in [5.41, 5.74) is 2.50. The molecule has 0 fully saturated rings. The van der Waals surface area contributed by atoms with Gasteiger partial charge in [0.1, 0.15) is 5.82 Å². The fraction of sp³-hybridized carbons (Fsp3) is 0.571. The molecule has 0 saturated heterocycles. The molecule has 0 aliphatic heterocycles. The summed E-state index contributed by atoms with van der Waals surface area (Å²) in [6.07, 6.45) is 5.64. The molecule has 10 heavy (non-hydrogen) atoms. The third-order valence-electron chi connectivity index (χ3n) is 0.958. The molecule has 0 bridgehead atoms. The second-order valence-corrected chi connectivity index (χ2v) is 1.86. The van der Waals surface area contributed by atoms with Crippen LogP contribution >= 0.6 is 0 Å². The normalized spacial score (nSPS) is 12.5. The van der Waals surface area contributed by atoms with Crippen LogP contribution < -0.4 is 11.3 Å². The molecule has 3 heteroatoms. The highest BCUT2D eigenvalue weighted by Gasteiger charge is 1.83. The van der Waals surface area contributed by atoms with Crippen LogP contribution in [0.15, 0.2) is 16.9 Å². The van der Waals surface area contributed by atoms with Gasteiger partial charge in [-0.2, -0.15) is 0 Å². The van der Waals surface area contributed by atoms with E-state index in [9.17, 15) is 0 Å². The summed E-state index contributed by atoms with van der Waals surface area (Å²) in [6.45, 7) is 4.07. The maximum atomic E-state index is 5.17. The molecule has 3 N–H and O–H groups in total. The first kappa shape index (κ1) is 9.17. The van der Waals surface area contributed by atoms with Gasteiger partial charge in [0, 0.05) is 6.21 Å². The topological polar surface area (TPSA) is 50.4 Å². The Labute approximate surface area is 62.0 Å². The van der Waals surface area contributed by atoms with Crippen molar-refractivity contribution in [1.82, 2.24) is 5.43 Å². The summed E-state index contributed by atoms with van der Waals surface area (Å²) in [7, 11) is 0. The predicted octanol–water partition coefficient (Wildman–Crippen LogP) is 1.18. The van der Waals surface area contributed by atoms with E-state index in [1.807, 2.05) is 26.1 Å². The number of hydrazine groups is 1. The van der Waals surface area contributed by atoms with Crippen molar-refractivity contribution in [3.63, 3.8) is 0 Å². The van der Waals surface area contributed by atoms with Crippen LogP contribution in [0.5, 0.6) is 0 Å². The molecule has 0 heterocycles. The van der Waals surface area contributed by atoms with E-state index >= 15 is 0 Å². The van der Waals surface area contributed by atoms with Gasteiger partial charge in [-0.25, -0.2) is 10.8 Å². The number of aliphatic imine (C=N–C) groups is 1. The SMILES string of the molecule is CC/C=N\C(=C\CC)NN. The van der Waals surface area contributed by atoms with Gasteiger partial charge in [0.05, 0.1) is 0 Å². The third-order valence-corrected chi connectivity index (χ3v) is 0.958. The van der Waals surface area contributed by atoms with Crippen LogP contribution in [-0.2, 0) is 0 Å². The van der Waals surface area contributed by atoms with Crippen LogP contribution in [0.2, 0.25) is 0 Å². The number of allylic oxidation sites excluding steroid dienone is 1. The molecule has 0 amide bonds. The molecule has 0 aliphatic carbocycles. The van der Waals surface area contributed by atoms with E-state index in [0.29, 0.717) is 0 Å². The molecular formula is C7H15N3. The predicted molar refractivity (Wildman–Crippen MR) is 44.5 cm³/mol. The van der Waals surface area contributed by atoms with Crippen molar-refractivity contribution in [2.75, 3.05) is 0 Å². The number of hydrogen-bond acceptors (Lipinski definition) is 3. The van der Waals surface area contributed by atoms with Crippen molar-refractivity contribution < 1.29 is 0 Å². The first-order valence-corrected chi connectivity index (χ1v) is 3.54. The lowest BCUT2D eigenvalue weighted by Crippen LogP contribution is -2.19. The van der Waals surface area contributed by atoms with Crippen LogP contribution in [0.4, 0.5) is 0 Å². The number of nitrogens with one attached hydrogen (secondary N) is 1. The summed E-state index contributed by atoms with van der Waals surface area (Å²) in [4.78, 5) is 4.05. The average Bonchev–Trinajstić information content (AvgIpc) is 1.98. The highest BCUT2D eigenvalue weighted by molar-refractivity contribution is 5.58. The lowest BCUT2D eigenvalue weighted by atomic mass is 10.4. The standard InChI is InChI=1S/C7H15N3/c1-3-5-7(10-8)9-6-4-2/h5-6,10H,3-4,8H2,1-2H3/b7-5-,9-6-. The minimum absolute atomic E-state index is 0.740. The molecule has 0 saturated carbocycles. The fourth-order valence-electron chi connectivity index (χ4n) is 0.532. The van der Waals surface area contributed by atoms with Gasteiger partial charge in [-0.05, 0) is 18.9 Å². The molecule has 0 aromatic rings. The average molecular weight is 141 g/mol. The van der Waals surface area contributed by atoms with Crippen molar-refractivity contribution in [1.29, 1.82) is 0 Å². The lowest BCUT2D eigenvalue weighted by Gasteiger charge is -1.96. The second kappa shape index (κ2) is 6.29. The molecule has 0 aromatic heterocycles. The Hall–Kier alpha value is -0.830. The van der Waals surface area contributed by atoms with Crippen molar-refractivity contribution in [2.45, 2.75) is 26.7 Å². The molecule has 0 spiro atoms. The number of nitrogens with zero attached hydrogens (tertiary/aromatic N) is 1. The zero-order valence-corrected chi connectivity index (χ0v) is 6.59. The number of nitrogens with two attached hydrogens (primary N) is 1. The van der Waals surface area contributed by atoms with E-state index < -0.39 is 0 Å². The maximum absolute atomic E-state index is 5.17. The van der Waals surface area contributed by atoms with E-state index in [4.69, 9.17) is 5.84 Å². The minimum Gasteiger partial charge on any atom is -0.309 e. The van der Waals surface area contributed by atoms with Gasteiger partial charge >= 0.3 is 0 Å². The van der Waals surface area contributed by atoms with Gasteiger partial charge < -0.3 is 5.43 Å². The molecule has 0 radical (unpaired) electrons. The summed E-state index contributed by atoms with van der Waals surface area (Å²) >= 11 is 0. The van der Waals surface area contributed by atoms with Crippen LogP contribution in [0.3, 0.4) is 0 Å². The van der Waals surface area contributed by atoms with Crippen molar-refractivity contribution in [3.05, 3.63) is 11.9 Å². The van der Waals surface area contributed by atoms with Crippen LogP contribution in [0, 0.1) is 0 Å². The van der Waals surface area contributed by atoms with E-state index in [2.05, 4.69) is 10.4 Å². The zero-order valence-electron chi connectivity index (χ0n) is 6.59. The first-order valence-electron chi connectivity index (χ1n) is 3.54. The fourth-order valence-corrected chi connectivity index (χ4v) is 0.532. The summed E-state index contributed by atoms with van der Waals surface area (Å²) in [6, 6.07) is 0. The lowest BCUT2D eigenvalue weighted by molar-refractivity contribution is 0.857. The van der Waals surface area contributed by atoms with Gasteiger partial charge in [0.25, 0.3) is 0 Å². The van der Waals surface area contributed by atoms with Gasteiger partial charge in [-0.1, -0.05) is 13.8 Å². The van der Waals surface area contributed by atoms with Crippen molar-refractivity contribution in [2.24, 2.45) is 10.8 Å². The quantitative estimate of drug-likeness (QED) is 0.351. The van der Waals surface area contributed by atoms with Crippen LogP contribution in [-0.4, -0.2) is 6.21 Å². The monoisotopic (exact) mass is 141 g/mol. The highest BCUT2D eigenvalue weighted by atomic mass is 15.3. The first-order chi connectivity index (χ1) is 4.85. The van der Waals surface area contributed by atoms with Crippen LogP contribution in [0.1, 0.15) is 26.7 Å². The maximum Gasteiger partial charge on any atom is 0.135 e. The smallest absolute Gasteiger partial charge is 0.135 e. The Kier molecular flexibility index (Phi) is 5.77. The molecular weight excluding hydrogens is 126 g/mol. The van der Waals surface area contributed by atoms with Crippen LogP contribution in [0.25, 0.3) is 0 Å². The van der Waals surface area contributed by atoms with Crippen molar-refractivity contribution in [3.8, 4) is 0 Å².